The first-order valence-electron chi connectivity index (χ1n) is 9.16. The van der Waals surface area contributed by atoms with Crippen LogP contribution in [-0.4, -0.2) is 28.6 Å². The van der Waals surface area contributed by atoms with Crippen LogP contribution >= 0.6 is 0 Å². The number of carbonyl (C=O) groups excluding carboxylic acids is 1. The highest BCUT2D eigenvalue weighted by molar-refractivity contribution is 5.99. The molecule has 0 radical (unpaired) electrons. The molecule has 1 aromatic carbocycles. The standard InChI is InChI=1S/C20H26N2O2/c1-20(12-23)10-4-7-18(20)22-19(24)13-8-9-17-15(11-13)14-5-2-3-6-16(14)21-17/h8-9,11,18,21,23H,2-7,10,12H2,1H3,(H,22,24)/t18-,20+/m1/s1. The lowest BCUT2D eigenvalue weighted by molar-refractivity contribution is 0.0830. The maximum atomic E-state index is 12.7. The van der Waals surface area contributed by atoms with E-state index in [1.54, 1.807) is 0 Å². The Balaban J connectivity index is 1.60. The fourth-order valence-corrected chi connectivity index (χ4v) is 4.46. The number of hydrogen-bond acceptors (Lipinski definition) is 2. The summed E-state index contributed by atoms with van der Waals surface area (Å²) in [6, 6.07) is 6.04. The van der Waals surface area contributed by atoms with E-state index in [9.17, 15) is 9.90 Å². The summed E-state index contributed by atoms with van der Waals surface area (Å²) >= 11 is 0. The van der Waals surface area contributed by atoms with Gasteiger partial charge in [0.15, 0.2) is 0 Å². The minimum atomic E-state index is -0.187. The van der Waals surface area contributed by atoms with Gasteiger partial charge >= 0.3 is 0 Å². The summed E-state index contributed by atoms with van der Waals surface area (Å²) in [4.78, 5) is 16.2. The van der Waals surface area contributed by atoms with Crippen LogP contribution in [0.25, 0.3) is 10.9 Å². The number of aryl methyl sites for hydroxylation is 2. The highest BCUT2D eigenvalue weighted by atomic mass is 16.3. The van der Waals surface area contributed by atoms with Crippen molar-refractivity contribution in [3.63, 3.8) is 0 Å². The average molecular weight is 326 g/mol. The zero-order chi connectivity index (χ0) is 16.7. The molecule has 2 aliphatic carbocycles. The molecule has 1 fully saturated rings. The Hall–Kier alpha value is -1.81. The Kier molecular flexibility index (Phi) is 3.87. The maximum absolute atomic E-state index is 12.7. The Morgan fingerprint density at radius 3 is 3.00 bits per heavy atom. The van der Waals surface area contributed by atoms with Gasteiger partial charge in [-0.3, -0.25) is 4.79 Å². The van der Waals surface area contributed by atoms with Crippen LogP contribution in [-0.2, 0) is 12.8 Å². The third kappa shape index (κ3) is 2.53. The summed E-state index contributed by atoms with van der Waals surface area (Å²) < 4.78 is 0. The van der Waals surface area contributed by atoms with E-state index in [1.807, 2.05) is 18.2 Å². The van der Waals surface area contributed by atoms with Gasteiger partial charge in [-0.25, -0.2) is 0 Å². The van der Waals surface area contributed by atoms with Crippen LogP contribution < -0.4 is 5.32 Å². The number of nitrogens with one attached hydrogen (secondary N) is 2. The molecule has 1 amide bonds. The molecule has 3 N–H and O–H groups in total. The van der Waals surface area contributed by atoms with Crippen molar-refractivity contribution in [2.45, 2.75) is 57.9 Å². The predicted molar refractivity (Wildman–Crippen MR) is 95.2 cm³/mol. The highest BCUT2D eigenvalue weighted by Gasteiger charge is 2.39. The molecule has 1 aromatic heterocycles. The Morgan fingerprint density at radius 1 is 1.33 bits per heavy atom. The molecule has 2 aromatic rings. The summed E-state index contributed by atoms with van der Waals surface area (Å²) in [5.74, 6) is -0.0192. The third-order valence-electron chi connectivity index (χ3n) is 6.11. The van der Waals surface area contributed by atoms with Crippen LogP contribution in [0.4, 0.5) is 0 Å². The largest absolute Gasteiger partial charge is 0.396 e. The molecule has 1 heterocycles. The molecule has 4 heteroatoms. The zero-order valence-electron chi connectivity index (χ0n) is 14.3. The molecule has 0 unspecified atom stereocenters. The van der Waals surface area contributed by atoms with E-state index in [-0.39, 0.29) is 24.0 Å². The number of hydrogen-bond donors (Lipinski definition) is 3. The number of carbonyl (C=O) groups is 1. The van der Waals surface area contributed by atoms with E-state index in [0.29, 0.717) is 0 Å². The number of aromatic nitrogens is 1. The van der Waals surface area contributed by atoms with Gasteiger partial charge < -0.3 is 15.4 Å². The highest BCUT2D eigenvalue weighted by Crippen LogP contribution is 2.37. The molecule has 0 aliphatic heterocycles. The molecule has 0 spiro atoms. The summed E-state index contributed by atoms with van der Waals surface area (Å²) in [6.07, 6.45) is 7.67. The maximum Gasteiger partial charge on any atom is 0.251 e. The van der Waals surface area contributed by atoms with Gasteiger partial charge in [0, 0.05) is 33.6 Å². The summed E-state index contributed by atoms with van der Waals surface area (Å²) in [7, 11) is 0. The number of benzene rings is 1. The van der Waals surface area contributed by atoms with Crippen LogP contribution in [0.1, 0.15) is 60.6 Å². The van der Waals surface area contributed by atoms with Gasteiger partial charge in [-0.2, -0.15) is 0 Å². The molecular weight excluding hydrogens is 300 g/mol. The number of aromatic amines is 1. The Labute approximate surface area is 142 Å². The third-order valence-corrected chi connectivity index (χ3v) is 6.11. The van der Waals surface area contributed by atoms with Crippen LogP contribution in [0.2, 0.25) is 0 Å². The molecular formula is C20H26N2O2. The second-order valence-electron chi connectivity index (χ2n) is 7.78. The lowest BCUT2D eigenvalue weighted by Crippen LogP contribution is -2.44. The molecule has 0 saturated heterocycles. The Morgan fingerprint density at radius 2 is 2.17 bits per heavy atom. The smallest absolute Gasteiger partial charge is 0.251 e. The zero-order valence-corrected chi connectivity index (χ0v) is 14.3. The lowest BCUT2D eigenvalue weighted by Gasteiger charge is -2.30. The van der Waals surface area contributed by atoms with Crippen molar-refractivity contribution in [1.29, 1.82) is 0 Å². The minimum Gasteiger partial charge on any atom is -0.396 e. The number of fused-ring (bicyclic) bond motifs is 3. The first-order valence-corrected chi connectivity index (χ1v) is 9.16. The topological polar surface area (TPSA) is 65.1 Å². The fourth-order valence-electron chi connectivity index (χ4n) is 4.46. The van der Waals surface area contributed by atoms with Crippen molar-refractivity contribution in [3.05, 3.63) is 35.0 Å². The molecule has 24 heavy (non-hydrogen) atoms. The van der Waals surface area contributed by atoms with Gasteiger partial charge in [-0.05, 0) is 62.3 Å². The lowest BCUT2D eigenvalue weighted by atomic mass is 9.85. The molecule has 0 bridgehead atoms. The van der Waals surface area contributed by atoms with Gasteiger partial charge in [0.05, 0.1) is 6.61 Å². The second-order valence-corrected chi connectivity index (χ2v) is 7.78. The number of rotatable bonds is 3. The van der Waals surface area contributed by atoms with Crippen LogP contribution in [0.3, 0.4) is 0 Å². The molecule has 2 atom stereocenters. The molecule has 1 saturated carbocycles. The van der Waals surface area contributed by atoms with Crippen LogP contribution in [0, 0.1) is 5.41 Å². The summed E-state index contributed by atoms with van der Waals surface area (Å²) in [5.41, 5.74) is 4.42. The average Bonchev–Trinajstić information content (AvgIpc) is 3.15. The molecule has 4 nitrogen and oxygen atoms in total. The SMILES string of the molecule is C[C@@]1(CO)CCC[C@H]1NC(=O)c1ccc2[nH]c3c(c2c1)CCCC3. The van der Waals surface area contributed by atoms with E-state index in [1.165, 1.54) is 29.5 Å². The molecule has 2 aliphatic rings. The minimum absolute atomic E-state index is 0.0192. The van der Waals surface area contributed by atoms with Crippen molar-refractivity contribution >= 4 is 16.8 Å². The van der Waals surface area contributed by atoms with E-state index < -0.39 is 0 Å². The monoisotopic (exact) mass is 326 g/mol. The summed E-state index contributed by atoms with van der Waals surface area (Å²) in [6.45, 7) is 2.19. The predicted octanol–water partition coefficient (Wildman–Crippen LogP) is 3.33. The van der Waals surface area contributed by atoms with Crippen molar-refractivity contribution in [2.75, 3.05) is 6.61 Å². The van der Waals surface area contributed by atoms with Crippen molar-refractivity contribution in [3.8, 4) is 0 Å². The number of aliphatic hydroxyl groups is 1. The van der Waals surface area contributed by atoms with Crippen molar-refractivity contribution in [1.82, 2.24) is 10.3 Å². The van der Waals surface area contributed by atoms with Crippen molar-refractivity contribution < 1.29 is 9.90 Å². The summed E-state index contributed by atoms with van der Waals surface area (Å²) in [5, 5.41) is 14.0. The number of aliphatic hydroxyl groups excluding tert-OH is 1. The number of amides is 1. The van der Waals surface area contributed by atoms with E-state index in [4.69, 9.17) is 0 Å². The number of H-pyrrole nitrogens is 1. The van der Waals surface area contributed by atoms with E-state index in [0.717, 1.165) is 43.2 Å². The van der Waals surface area contributed by atoms with E-state index in [2.05, 4.69) is 17.2 Å². The van der Waals surface area contributed by atoms with Crippen molar-refractivity contribution in [2.24, 2.45) is 5.41 Å². The molecule has 128 valence electrons. The second kappa shape index (κ2) is 5.92. The van der Waals surface area contributed by atoms with Gasteiger partial charge in [0.1, 0.15) is 0 Å². The first-order chi connectivity index (χ1) is 11.6. The first kappa shape index (κ1) is 15.7. The fraction of sp³-hybridized carbons (Fsp3) is 0.550. The normalized spacial score (nSPS) is 26.5. The van der Waals surface area contributed by atoms with Gasteiger partial charge in [0.25, 0.3) is 5.91 Å². The van der Waals surface area contributed by atoms with E-state index >= 15 is 0 Å². The quantitative estimate of drug-likeness (QED) is 0.810. The molecule has 4 rings (SSSR count). The van der Waals surface area contributed by atoms with Gasteiger partial charge in [-0.1, -0.05) is 13.3 Å². The van der Waals surface area contributed by atoms with Gasteiger partial charge in [-0.15, -0.1) is 0 Å². The van der Waals surface area contributed by atoms with Crippen LogP contribution in [0.5, 0.6) is 0 Å². The Bertz CT molecular complexity index is 779. The van der Waals surface area contributed by atoms with Crippen LogP contribution in [0.15, 0.2) is 18.2 Å². The van der Waals surface area contributed by atoms with Gasteiger partial charge in [0.2, 0.25) is 0 Å².